The molecule has 15 heavy (non-hydrogen) atoms. The SMILES string of the molecule is Nc1ncnc2c1ncn2C(CO)CO. The van der Waals surface area contributed by atoms with Crippen LogP contribution < -0.4 is 5.73 Å². The number of nitrogens with zero attached hydrogens (tertiary/aromatic N) is 4. The zero-order valence-corrected chi connectivity index (χ0v) is 7.91. The molecule has 7 heteroatoms. The predicted octanol–water partition coefficient (Wildman–Crippen LogP) is -1.07. The van der Waals surface area contributed by atoms with Crippen LogP contribution in [0.5, 0.6) is 0 Å². The van der Waals surface area contributed by atoms with Gasteiger partial charge in [-0.25, -0.2) is 15.0 Å². The van der Waals surface area contributed by atoms with E-state index in [0.29, 0.717) is 11.2 Å². The lowest BCUT2D eigenvalue weighted by molar-refractivity contribution is 0.156. The summed E-state index contributed by atoms with van der Waals surface area (Å²) in [7, 11) is 0. The van der Waals surface area contributed by atoms with Crippen molar-refractivity contribution >= 4 is 17.0 Å². The molecule has 0 bridgehead atoms. The maximum atomic E-state index is 9.04. The van der Waals surface area contributed by atoms with E-state index >= 15 is 0 Å². The highest BCUT2D eigenvalue weighted by Crippen LogP contribution is 2.17. The Morgan fingerprint density at radius 2 is 2.00 bits per heavy atom. The molecule has 2 aromatic heterocycles. The Balaban J connectivity index is 2.58. The molecule has 2 heterocycles. The molecule has 2 rings (SSSR count). The fraction of sp³-hybridized carbons (Fsp3) is 0.375. The molecule has 0 saturated heterocycles. The smallest absolute Gasteiger partial charge is 0.165 e. The third-order valence-electron chi connectivity index (χ3n) is 2.20. The molecule has 0 amide bonds. The molecule has 0 aliphatic carbocycles. The summed E-state index contributed by atoms with van der Waals surface area (Å²) >= 11 is 0. The molecule has 0 radical (unpaired) electrons. The van der Waals surface area contributed by atoms with Crippen LogP contribution in [-0.2, 0) is 0 Å². The Labute approximate surface area is 85.2 Å². The number of nitrogens with two attached hydrogens (primary N) is 1. The number of hydrogen-bond acceptors (Lipinski definition) is 6. The standard InChI is InChI=1S/C8H11N5O2/c9-7-6-8(11-3-10-7)13(4-12-6)5(1-14)2-15/h3-5,14-15H,1-2H2,(H2,9,10,11). The van der Waals surface area contributed by atoms with Crippen LogP contribution >= 0.6 is 0 Å². The maximum Gasteiger partial charge on any atom is 0.165 e. The van der Waals surface area contributed by atoms with Crippen molar-refractivity contribution in [3.05, 3.63) is 12.7 Å². The lowest BCUT2D eigenvalue weighted by atomic mass is 10.3. The number of aliphatic hydroxyl groups excluding tert-OH is 2. The van der Waals surface area contributed by atoms with Gasteiger partial charge in [-0.1, -0.05) is 0 Å². The van der Waals surface area contributed by atoms with E-state index in [0.717, 1.165) is 0 Å². The van der Waals surface area contributed by atoms with Gasteiger partial charge < -0.3 is 20.5 Å². The fourth-order valence-corrected chi connectivity index (χ4v) is 1.37. The number of anilines is 1. The van der Waals surface area contributed by atoms with Gasteiger partial charge in [0.05, 0.1) is 25.6 Å². The first kappa shape index (κ1) is 9.81. The third-order valence-corrected chi connectivity index (χ3v) is 2.20. The Kier molecular flexibility index (Phi) is 2.48. The van der Waals surface area contributed by atoms with Crippen molar-refractivity contribution in [2.24, 2.45) is 0 Å². The molecular weight excluding hydrogens is 198 g/mol. The molecule has 0 fully saturated rings. The van der Waals surface area contributed by atoms with Crippen molar-refractivity contribution < 1.29 is 10.2 Å². The van der Waals surface area contributed by atoms with Gasteiger partial charge in [0.2, 0.25) is 0 Å². The first-order valence-corrected chi connectivity index (χ1v) is 4.42. The van der Waals surface area contributed by atoms with E-state index in [2.05, 4.69) is 15.0 Å². The van der Waals surface area contributed by atoms with E-state index in [1.165, 1.54) is 12.7 Å². The van der Waals surface area contributed by atoms with Crippen molar-refractivity contribution in [2.75, 3.05) is 18.9 Å². The van der Waals surface area contributed by atoms with Gasteiger partial charge >= 0.3 is 0 Å². The molecule has 0 aliphatic rings. The molecule has 2 aromatic rings. The number of hydrogen-bond donors (Lipinski definition) is 3. The minimum absolute atomic E-state index is 0.189. The first-order chi connectivity index (χ1) is 7.27. The summed E-state index contributed by atoms with van der Waals surface area (Å²) in [5, 5.41) is 18.1. The van der Waals surface area contributed by atoms with E-state index in [1.807, 2.05) is 0 Å². The predicted molar refractivity (Wildman–Crippen MR) is 52.9 cm³/mol. The van der Waals surface area contributed by atoms with E-state index in [4.69, 9.17) is 15.9 Å². The summed E-state index contributed by atoms with van der Waals surface area (Å²) in [6.45, 7) is -0.377. The number of aromatic nitrogens is 4. The van der Waals surface area contributed by atoms with Crippen LogP contribution in [-0.4, -0.2) is 42.9 Å². The van der Waals surface area contributed by atoms with Crippen molar-refractivity contribution in [3.8, 4) is 0 Å². The van der Waals surface area contributed by atoms with Crippen LogP contribution in [0.1, 0.15) is 6.04 Å². The third kappa shape index (κ3) is 1.51. The summed E-state index contributed by atoms with van der Waals surface area (Å²) in [6.07, 6.45) is 2.80. The van der Waals surface area contributed by atoms with Gasteiger partial charge in [0, 0.05) is 0 Å². The molecule has 0 saturated carbocycles. The normalized spacial score (nSPS) is 11.4. The Bertz CT molecular complexity index is 465. The maximum absolute atomic E-state index is 9.04. The number of imidazole rings is 1. The Morgan fingerprint density at radius 3 is 2.67 bits per heavy atom. The van der Waals surface area contributed by atoms with Gasteiger partial charge in [-0.3, -0.25) is 0 Å². The quantitative estimate of drug-likeness (QED) is 0.594. The van der Waals surface area contributed by atoms with Gasteiger partial charge in [-0.15, -0.1) is 0 Å². The Hall–Kier alpha value is -1.73. The minimum Gasteiger partial charge on any atom is -0.394 e. The number of rotatable bonds is 3. The van der Waals surface area contributed by atoms with Gasteiger partial charge in [-0.2, -0.15) is 0 Å². The van der Waals surface area contributed by atoms with Crippen molar-refractivity contribution in [3.63, 3.8) is 0 Å². The van der Waals surface area contributed by atoms with E-state index in [9.17, 15) is 0 Å². The molecule has 4 N–H and O–H groups in total. The molecule has 0 aromatic carbocycles. The summed E-state index contributed by atoms with van der Waals surface area (Å²) in [4.78, 5) is 11.8. The second kappa shape index (κ2) is 3.79. The average molecular weight is 209 g/mol. The van der Waals surface area contributed by atoms with Crippen LogP contribution in [0.4, 0.5) is 5.82 Å². The van der Waals surface area contributed by atoms with Gasteiger partial charge in [0.1, 0.15) is 11.8 Å². The average Bonchev–Trinajstić information content (AvgIpc) is 2.66. The number of fused-ring (bicyclic) bond motifs is 1. The largest absolute Gasteiger partial charge is 0.394 e. The second-order valence-corrected chi connectivity index (χ2v) is 3.10. The molecule has 0 atom stereocenters. The second-order valence-electron chi connectivity index (χ2n) is 3.10. The lowest BCUT2D eigenvalue weighted by Gasteiger charge is -2.12. The highest BCUT2D eigenvalue weighted by atomic mass is 16.3. The topological polar surface area (TPSA) is 110 Å². The fourth-order valence-electron chi connectivity index (χ4n) is 1.37. The zero-order chi connectivity index (χ0) is 10.8. The summed E-state index contributed by atoms with van der Waals surface area (Å²) in [5.41, 5.74) is 6.59. The van der Waals surface area contributed by atoms with Crippen molar-refractivity contribution in [2.45, 2.75) is 6.04 Å². The zero-order valence-electron chi connectivity index (χ0n) is 7.91. The molecule has 7 nitrogen and oxygen atoms in total. The van der Waals surface area contributed by atoms with Crippen LogP contribution in [0.3, 0.4) is 0 Å². The number of nitrogen functional groups attached to an aromatic ring is 1. The van der Waals surface area contributed by atoms with E-state index in [1.54, 1.807) is 4.57 Å². The Morgan fingerprint density at radius 1 is 1.27 bits per heavy atom. The summed E-state index contributed by atoms with van der Waals surface area (Å²) < 4.78 is 1.58. The van der Waals surface area contributed by atoms with Gasteiger partial charge in [0.15, 0.2) is 11.5 Å². The first-order valence-electron chi connectivity index (χ1n) is 4.42. The molecule has 0 spiro atoms. The van der Waals surface area contributed by atoms with E-state index in [-0.39, 0.29) is 19.0 Å². The molecule has 0 unspecified atom stereocenters. The van der Waals surface area contributed by atoms with Gasteiger partial charge in [0.25, 0.3) is 0 Å². The lowest BCUT2D eigenvalue weighted by Crippen LogP contribution is -2.16. The van der Waals surface area contributed by atoms with E-state index < -0.39 is 6.04 Å². The van der Waals surface area contributed by atoms with Crippen molar-refractivity contribution in [1.82, 2.24) is 19.5 Å². The van der Waals surface area contributed by atoms with Crippen LogP contribution in [0.25, 0.3) is 11.2 Å². The minimum atomic E-state index is -0.454. The van der Waals surface area contributed by atoms with Crippen LogP contribution in [0.15, 0.2) is 12.7 Å². The highest BCUT2D eigenvalue weighted by Gasteiger charge is 2.14. The summed E-state index contributed by atoms with van der Waals surface area (Å²) in [6, 6.07) is -0.454. The molecular formula is C8H11N5O2. The molecule has 80 valence electrons. The van der Waals surface area contributed by atoms with Crippen molar-refractivity contribution in [1.29, 1.82) is 0 Å². The summed E-state index contributed by atoms with van der Waals surface area (Å²) in [5.74, 6) is 0.286. The monoisotopic (exact) mass is 209 g/mol. The van der Waals surface area contributed by atoms with Crippen LogP contribution in [0, 0.1) is 0 Å². The van der Waals surface area contributed by atoms with Gasteiger partial charge in [-0.05, 0) is 0 Å². The molecule has 0 aliphatic heterocycles. The highest BCUT2D eigenvalue weighted by molar-refractivity contribution is 5.81. The van der Waals surface area contributed by atoms with Crippen LogP contribution in [0.2, 0.25) is 0 Å². The number of aliphatic hydroxyl groups is 2.